The molecule has 4 heteroatoms. The Labute approximate surface area is 69.9 Å². The summed E-state index contributed by atoms with van der Waals surface area (Å²) in [7, 11) is 0. The van der Waals surface area contributed by atoms with E-state index >= 15 is 0 Å². The number of rotatable bonds is 2. The third-order valence-corrected chi connectivity index (χ3v) is 2.44. The lowest BCUT2D eigenvalue weighted by Gasteiger charge is -2.01. The minimum absolute atomic E-state index is 0.435. The summed E-state index contributed by atoms with van der Waals surface area (Å²) in [5.74, 6) is -0.837. The molecule has 0 aromatic rings. The Balaban J connectivity index is 2.79. The van der Waals surface area contributed by atoms with E-state index in [1.807, 2.05) is 13.8 Å². The Morgan fingerprint density at radius 2 is 2.36 bits per heavy atom. The van der Waals surface area contributed by atoms with Crippen molar-refractivity contribution in [1.82, 2.24) is 5.32 Å². The fraction of sp³-hybridized carbons (Fsp3) is 0.429. The van der Waals surface area contributed by atoms with Gasteiger partial charge in [-0.05, 0) is 13.3 Å². The summed E-state index contributed by atoms with van der Waals surface area (Å²) in [4.78, 5) is 11.0. The lowest BCUT2D eigenvalue weighted by molar-refractivity contribution is -0.131. The van der Waals surface area contributed by atoms with Crippen molar-refractivity contribution < 1.29 is 9.90 Å². The van der Waals surface area contributed by atoms with Gasteiger partial charge in [-0.25, -0.2) is 4.79 Å². The number of aliphatic carboxylic acids is 1. The molecule has 0 saturated heterocycles. The van der Waals surface area contributed by atoms with E-state index in [-0.39, 0.29) is 0 Å². The first-order valence-electron chi connectivity index (χ1n) is 3.40. The average molecular weight is 172 g/mol. The molecule has 1 rings (SSSR count). The van der Waals surface area contributed by atoms with E-state index in [4.69, 9.17) is 5.11 Å². The minimum Gasteiger partial charge on any atom is -0.477 e. The van der Waals surface area contributed by atoms with Gasteiger partial charge in [-0.1, -0.05) is 18.7 Å². The zero-order chi connectivity index (χ0) is 8.43. The van der Waals surface area contributed by atoms with Crippen LogP contribution in [0, 0.1) is 5.37 Å². The molecular weight excluding hydrogens is 162 g/mol. The Hall–Kier alpha value is -0.640. The van der Waals surface area contributed by atoms with Crippen LogP contribution in [0.25, 0.3) is 0 Å². The van der Waals surface area contributed by atoms with Gasteiger partial charge in [0.15, 0.2) is 0 Å². The monoisotopic (exact) mass is 172 g/mol. The number of allylic oxidation sites excluding steroid dienone is 1. The molecule has 0 aliphatic carbocycles. The molecular formula is C7H10NO2S. The molecule has 3 nitrogen and oxygen atoms in total. The highest BCUT2D eigenvalue weighted by Crippen LogP contribution is 2.35. The van der Waals surface area contributed by atoms with Crippen LogP contribution in [-0.4, -0.2) is 11.1 Å². The van der Waals surface area contributed by atoms with E-state index in [1.165, 1.54) is 11.8 Å². The van der Waals surface area contributed by atoms with Gasteiger partial charge in [0, 0.05) is 5.70 Å². The van der Waals surface area contributed by atoms with Gasteiger partial charge in [-0.3, -0.25) is 0 Å². The zero-order valence-corrected chi connectivity index (χ0v) is 7.29. The fourth-order valence-electron chi connectivity index (χ4n) is 0.931. The number of thioether (sulfide) groups is 1. The topological polar surface area (TPSA) is 49.3 Å². The predicted octanol–water partition coefficient (Wildman–Crippen LogP) is 1.54. The summed E-state index contributed by atoms with van der Waals surface area (Å²) in [6.45, 7) is 3.81. The third-order valence-electron chi connectivity index (χ3n) is 1.40. The maximum atomic E-state index is 10.6. The maximum absolute atomic E-state index is 10.6. The highest BCUT2D eigenvalue weighted by molar-refractivity contribution is 8.06. The van der Waals surface area contributed by atoms with E-state index in [1.54, 1.807) is 0 Å². The highest BCUT2D eigenvalue weighted by Gasteiger charge is 2.25. The van der Waals surface area contributed by atoms with E-state index in [2.05, 4.69) is 5.32 Å². The standard InChI is InChI=1S/C7H10NO2S/c1-3-5-6(7(9)10)11-4(2)8-5/h8H,3H2,1-2H3,(H,9,10). The first-order chi connectivity index (χ1) is 5.15. The molecule has 0 spiro atoms. The molecule has 1 aliphatic rings. The molecule has 0 fully saturated rings. The number of hydrogen-bond donors (Lipinski definition) is 2. The van der Waals surface area contributed by atoms with Crippen LogP contribution in [0.3, 0.4) is 0 Å². The van der Waals surface area contributed by atoms with Crippen molar-refractivity contribution in [3.63, 3.8) is 0 Å². The third kappa shape index (κ3) is 1.68. The van der Waals surface area contributed by atoms with Crippen molar-refractivity contribution in [3.05, 3.63) is 16.0 Å². The van der Waals surface area contributed by atoms with Gasteiger partial charge in [0.25, 0.3) is 0 Å². The van der Waals surface area contributed by atoms with Crippen LogP contribution in [0.4, 0.5) is 0 Å². The Morgan fingerprint density at radius 3 is 2.73 bits per heavy atom. The average Bonchev–Trinajstić information content (AvgIpc) is 2.30. The van der Waals surface area contributed by atoms with Crippen LogP contribution in [0.15, 0.2) is 10.6 Å². The van der Waals surface area contributed by atoms with Gasteiger partial charge in [0.1, 0.15) is 10.3 Å². The summed E-state index contributed by atoms with van der Waals surface area (Å²) in [5, 5.41) is 12.7. The van der Waals surface area contributed by atoms with Crippen molar-refractivity contribution in [1.29, 1.82) is 0 Å². The number of carbonyl (C=O) groups is 1. The van der Waals surface area contributed by atoms with Crippen molar-refractivity contribution >= 4 is 17.7 Å². The van der Waals surface area contributed by atoms with Crippen molar-refractivity contribution in [2.45, 2.75) is 20.3 Å². The SMILES string of the molecule is CCC1=C(C(=O)O)S[C](C)N1. The molecule has 1 aliphatic heterocycles. The molecule has 1 radical (unpaired) electrons. The summed E-state index contributed by atoms with van der Waals surface area (Å²) in [6, 6.07) is 0. The largest absolute Gasteiger partial charge is 0.477 e. The maximum Gasteiger partial charge on any atom is 0.344 e. The second-order valence-corrected chi connectivity index (χ2v) is 3.47. The second kappa shape index (κ2) is 3.17. The molecule has 0 atom stereocenters. The predicted molar refractivity (Wildman–Crippen MR) is 44.6 cm³/mol. The van der Waals surface area contributed by atoms with Crippen LogP contribution in [0.5, 0.6) is 0 Å². The van der Waals surface area contributed by atoms with Gasteiger partial charge < -0.3 is 10.4 Å². The zero-order valence-electron chi connectivity index (χ0n) is 6.47. The Morgan fingerprint density at radius 1 is 1.73 bits per heavy atom. The number of carboxylic acid groups (broad SMARTS) is 1. The van der Waals surface area contributed by atoms with E-state index in [0.29, 0.717) is 4.91 Å². The van der Waals surface area contributed by atoms with E-state index < -0.39 is 5.97 Å². The molecule has 11 heavy (non-hydrogen) atoms. The summed E-state index contributed by atoms with van der Waals surface area (Å²) < 4.78 is 0. The molecule has 2 N–H and O–H groups in total. The number of hydrogen-bond acceptors (Lipinski definition) is 3. The van der Waals surface area contributed by atoms with Crippen LogP contribution in [0.1, 0.15) is 20.3 Å². The lowest BCUT2D eigenvalue weighted by Crippen LogP contribution is -2.09. The first-order valence-corrected chi connectivity index (χ1v) is 4.21. The quantitative estimate of drug-likeness (QED) is 0.663. The van der Waals surface area contributed by atoms with Crippen LogP contribution in [0.2, 0.25) is 0 Å². The minimum atomic E-state index is -0.837. The van der Waals surface area contributed by atoms with Gasteiger partial charge in [0.2, 0.25) is 0 Å². The van der Waals surface area contributed by atoms with Gasteiger partial charge in [-0.2, -0.15) is 0 Å². The van der Waals surface area contributed by atoms with Gasteiger partial charge in [-0.15, -0.1) is 0 Å². The summed E-state index contributed by atoms with van der Waals surface area (Å²) >= 11 is 1.29. The Bertz CT molecular complexity index is 212. The smallest absolute Gasteiger partial charge is 0.344 e. The van der Waals surface area contributed by atoms with E-state index in [0.717, 1.165) is 17.5 Å². The van der Waals surface area contributed by atoms with Crippen molar-refractivity contribution in [3.8, 4) is 0 Å². The summed E-state index contributed by atoms with van der Waals surface area (Å²) in [6.07, 6.45) is 0.742. The Kier molecular flexibility index (Phi) is 2.44. The second-order valence-electron chi connectivity index (χ2n) is 2.25. The van der Waals surface area contributed by atoms with Crippen LogP contribution < -0.4 is 5.32 Å². The first kappa shape index (κ1) is 8.46. The van der Waals surface area contributed by atoms with Gasteiger partial charge >= 0.3 is 5.97 Å². The molecule has 0 unspecified atom stereocenters. The lowest BCUT2D eigenvalue weighted by atomic mass is 10.3. The molecule has 61 valence electrons. The van der Waals surface area contributed by atoms with Gasteiger partial charge in [0.05, 0.1) is 0 Å². The molecule has 1 heterocycles. The van der Waals surface area contributed by atoms with E-state index in [9.17, 15) is 4.79 Å². The summed E-state index contributed by atoms with van der Waals surface area (Å²) in [5.41, 5.74) is 0.819. The van der Waals surface area contributed by atoms with Crippen LogP contribution >= 0.6 is 11.8 Å². The normalized spacial score (nSPS) is 18.7. The highest BCUT2D eigenvalue weighted by atomic mass is 32.2. The fourth-order valence-corrected chi connectivity index (χ4v) is 1.82. The van der Waals surface area contributed by atoms with Crippen LogP contribution in [-0.2, 0) is 4.79 Å². The van der Waals surface area contributed by atoms with Crippen molar-refractivity contribution in [2.24, 2.45) is 0 Å². The number of carboxylic acids is 1. The molecule has 0 aromatic carbocycles. The molecule has 0 aromatic heterocycles. The molecule has 0 saturated carbocycles. The number of nitrogens with one attached hydrogen (secondary N) is 1. The van der Waals surface area contributed by atoms with Crippen molar-refractivity contribution in [2.75, 3.05) is 0 Å². The molecule has 0 bridgehead atoms. The molecule has 0 amide bonds.